The molecular formula is C17H16N2O4. The van der Waals surface area contributed by atoms with E-state index in [1.165, 1.54) is 12.0 Å². The van der Waals surface area contributed by atoms with Crippen molar-refractivity contribution in [2.24, 2.45) is 5.73 Å². The number of nitrogens with two attached hydrogens (primary N) is 1. The Hall–Kier alpha value is -2.86. The molecule has 2 aromatic rings. The molecule has 23 heavy (non-hydrogen) atoms. The second-order valence-corrected chi connectivity index (χ2v) is 5.02. The molecule has 0 bridgehead atoms. The highest BCUT2D eigenvalue weighted by molar-refractivity contribution is 6.06. The molecule has 0 aliphatic carbocycles. The SMILES string of the molecule is COC(=O)c1ccc2c(c1)N(c1ccccc1CN)C(=O)CO2. The van der Waals surface area contributed by atoms with Crippen molar-refractivity contribution in [3.05, 3.63) is 53.6 Å². The number of benzene rings is 2. The fourth-order valence-electron chi connectivity index (χ4n) is 2.56. The van der Waals surface area contributed by atoms with Gasteiger partial charge in [0, 0.05) is 6.54 Å². The van der Waals surface area contributed by atoms with E-state index in [9.17, 15) is 9.59 Å². The van der Waals surface area contributed by atoms with Crippen molar-refractivity contribution in [3.8, 4) is 5.75 Å². The van der Waals surface area contributed by atoms with Crippen LogP contribution in [0.25, 0.3) is 0 Å². The van der Waals surface area contributed by atoms with Gasteiger partial charge in [-0.25, -0.2) is 4.79 Å². The molecule has 0 saturated carbocycles. The largest absolute Gasteiger partial charge is 0.482 e. The molecule has 0 saturated heterocycles. The Labute approximate surface area is 133 Å². The van der Waals surface area contributed by atoms with Crippen molar-refractivity contribution >= 4 is 23.3 Å². The number of methoxy groups -OCH3 is 1. The number of nitrogens with zero attached hydrogens (tertiary/aromatic N) is 1. The number of anilines is 2. The average Bonchev–Trinajstić information content (AvgIpc) is 2.60. The lowest BCUT2D eigenvalue weighted by Gasteiger charge is -2.31. The molecule has 1 amide bonds. The Morgan fingerprint density at radius 3 is 2.78 bits per heavy atom. The summed E-state index contributed by atoms with van der Waals surface area (Å²) >= 11 is 0. The lowest BCUT2D eigenvalue weighted by atomic mass is 10.1. The van der Waals surface area contributed by atoms with Crippen LogP contribution in [-0.4, -0.2) is 25.6 Å². The Morgan fingerprint density at radius 2 is 2.04 bits per heavy atom. The molecule has 6 heteroatoms. The third-order valence-electron chi connectivity index (χ3n) is 3.67. The van der Waals surface area contributed by atoms with E-state index in [2.05, 4.69) is 0 Å². The molecule has 1 heterocycles. The molecule has 2 aromatic carbocycles. The zero-order valence-corrected chi connectivity index (χ0v) is 12.6. The van der Waals surface area contributed by atoms with Gasteiger partial charge in [-0.1, -0.05) is 18.2 Å². The van der Waals surface area contributed by atoms with E-state index in [0.717, 1.165) is 5.56 Å². The van der Waals surface area contributed by atoms with Crippen LogP contribution in [0.5, 0.6) is 5.75 Å². The molecular weight excluding hydrogens is 296 g/mol. The number of esters is 1. The fourth-order valence-corrected chi connectivity index (χ4v) is 2.56. The molecule has 0 atom stereocenters. The zero-order chi connectivity index (χ0) is 16.4. The molecule has 1 aliphatic rings. The maximum absolute atomic E-state index is 12.4. The summed E-state index contributed by atoms with van der Waals surface area (Å²) in [6.07, 6.45) is 0. The average molecular weight is 312 g/mol. The second-order valence-electron chi connectivity index (χ2n) is 5.02. The standard InChI is InChI=1S/C17H16N2O4/c1-22-17(21)11-6-7-15-14(8-11)19(16(20)10-23-15)13-5-3-2-4-12(13)9-18/h2-8H,9-10,18H2,1H3. The van der Waals surface area contributed by atoms with E-state index >= 15 is 0 Å². The number of rotatable bonds is 3. The minimum Gasteiger partial charge on any atom is -0.482 e. The van der Waals surface area contributed by atoms with Crippen molar-refractivity contribution in [2.75, 3.05) is 18.6 Å². The van der Waals surface area contributed by atoms with Crippen molar-refractivity contribution < 1.29 is 19.1 Å². The van der Waals surface area contributed by atoms with Crippen LogP contribution in [0.15, 0.2) is 42.5 Å². The van der Waals surface area contributed by atoms with Crippen LogP contribution >= 0.6 is 0 Å². The summed E-state index contributed by atoms with van der Waals surface area (Å²) in [5, 5.41) is 0. The molecule has 6 nitrogen and oxygen atoms in total. The van der Waals surface area contributed by atoms with E-state index in [4.69, 9.17) is 15.2 Å². The Morgan fingerprint density at radius 1 is 1.26 bits per heavy atom. The molecule has 2 N–H and O–H groups in total. The molecule has 0 unspecified atom stereocenters. The van der Waals surface area contributed by atoms with Gasteiger partial charge >= 0.3 is 5.97 Å². The van der Waals surface area contributed by atoms with Gasteiger partial charge in [0.25, 0.3) is 5.91 Å². The van der Waals surface area contributed by atoms with Gasteiger partial charge in [-0.3, -0.25) is 9.69 Å². The van der Waals surface area contributed by atoms with Gasteiger partial charge in [-0.05, 0) is 29.8 Å². The number of ether oxygens (including phenoxy) is 2. The number of hydrogen-bond donors (Lipinski definition) is 1. The third kappa shape index (κ3) is 2.64. The summed E-state index contributed by atoms with van der Waals surface area (Å²) < 4.78 is 10.2. The number of amides is 1. The van der Waals surface area contributed by atoms with Crippen molar-refractivity contribution in [1.29, 1.82) is 0 Å². The second kappa shape index (κ2) is 6.10. The lowest BCUT2D eigenvalue weighted by Crippen LogP contribution is -2.36. The van der Waals surface area contributed by atoms with E-state index in [1.54, 1.807) is 18.2 Å². The van der Waals surface area contributed by atoms with Gasteiger partial charge in [0.15, 0.2) is 6.61 Å². The van der Waals surface area contributed by atoms with Crippen LogP contribution < -0.4 is 15.4 Å². The first-order valence-corrected chi connectivity index (χ1v) is 7.11. The molecule has 1 aliphatic heterocycles. The minimum atomic E-state index is -0.474. The van der Waals surface area contributed by atoms with E-state index < -0.39 is 5.97 Å². The van der Waals surface area contributed by atoms with E-state index in [1.807, 2.05) is 24.3 Å². The first-order chi connectivity index (χ1) is 11.2. The van der Waals surface area contributed by atoms with Gasteiger partial charge in [-0.2, -0.15) is 0 Å². The predicted octanol–water partition coefficient (Wildman–Crippen LogP) is 1.99. The highest BCUT2D eigenvalue weighted by Crippen LogP contribution is 2.39. The molecule has 3 rings (SSSR count). The summed E-state index contributed by atoms with van der Waals surface area (Å²) in [5.74, 6) is -0.164. The van der Waals surface area contributed by atoms with Crippen LogP contribution in [0.2, 0.25) is 0 Å². The van der Waals surface area contributed by atoms with Gasteiger partial charge in [0.1, 0.15) is 5.75 Å². The maximum atomic E-state index is 12.4. The summed E-state index contributed by atoms with van der Waals surface area (Å²) in [5.41, 5.74) is 8.15. The van der Waals surface area contributed by atoms with Crippen LogP contribution in [0.4, 0.5) is 11.4 Å². The predicted molar refractivity (Wildman–Crippen MR) is 84.8 cm³/mol. The fraction of sp³-hybridized carbons (Fsp3) is 0.176. The first-order valence-electron chi connectivity index (χ1n) is 7.11. The Kier molecular flexibility index (Phi) is 3.99. The topological polar surface area (TPSA) is 81.9 Å². The van der Waals surface area contributed by atoms with Crippen molar-refractivity contribution in [2.45, 2.75) is 6.54 Å². The van der Waals surface area contributed by atoms with Gasteiger partial charge in [0.05, 0.1) is 24.0 Å². The smallest absolute Gasteiger partial charge is 0.337 e. The van der Waals surface area contributed by atoms with Crippen LogP contribution in [-0.2, 0) is 16.1 Å². The van der Waals surface area contributed by atoms with E-state index in [-0.39, 0.29) is 12.5 Å². The number of carbonyl (C=O) groups excluding carboxylic acids is 2. The normalized spacial score (nSPS) is 13.3. The Bertz CT molecular complexity index is 773. The van der Waals surface area contributed by atoms with Gasteiger partial charge < -0.3 is 15.2 Å². The molecule has 0 aromatic heterocycles. The molecule has 0 fully saturated rings. The summed E-state index contributed by atoms with van der Waals surface area (Å²) in [6.45, 7) is 0.232. The lowest BCUT2D eigenvalue weighted by molar-refractivity contribution is -0.120. The highest BCUT2D eigenvalue weighted by atomic mass is 16.5. The van der Waals surface area contributed by atoms with Crippen LogP contribution in [0, 0.1) is 0 Å². The number of hydrogen-bond acceptors (Lipinski definition) is 5. The molecule has 0 radical (unpaired) electrons. The number of para-hydroxylation sites is 1. The van der Waals surface area contributed by atoms with Crippen LogP contribution in [0.1, 0.15) is 15.9 Å². The number of carbonyl (C=O) groups is 2. The third-order valence-corrected chi connectivity index (χ3v) is 3.67. The first kappa shape index (κ1) is 15.1. The number of fused-ring (bicyclic) bond motifs is 1. The summed E-state index contributed by atoms with van der Waals surface area (Å²) in [6, 6.07) is 12.2. The van der Waals surface area contributed by atoms with Crippen LogP contribution in [0.3, 0.4) is 0 Å². The highest BCUT2D eigenvalue weighted by Gasteiger charge is 2.29. The monoisotopic (exact) mass is 312 g/mol. The minimum absolute atomic E-state index is 0.0660. The molecule has 0 spiro atoms. The van der Waals surface area contributed by atoms with Crippen molar-refractivity contribution in [1.82, 2.24) is 0 Å². The van der Waals surface area contributed by atoms with Gasteiger partial charge in [0.2, 0.25) is 0 Å². The summed E-state index contributed by atoms with van der Waals surface area (Å²) in [4.78, 5) is 25.7. The summed E-state index contributed by atoms with van der Waals surface area (Å²) in [7, 11) is 1.31. The quantitative estimate of drug-likeness (QED) is 0.877. The molecule has 118 valence electrons. The maximum Gasteiger partial charge on any atom is 0.337 e. The zero-order valence-electron chi connectivity index (χ0n) is 12.6. The van der Waals surface area contributed by atoms with Gasteiger partial charge in [-0.15, -0.1) is 0 Å². The Balaban J connectivity index is 2.15. The van der Waals surface area contributed by atoms with Crippen molar-refractivity contribution in [3.63, 3.8) is 0 Å². The van der Waals surface area contributed by atoms with E-state index in [0.29, 0.717) is 29.2 Å².